The third kappa shape index (κ3) is 1.47. The van der Waals surface area contributed by atoms with Gasteiger partial charge in [-0.25, -0.2) is 4.98 Å². The smallest absolute Gasteiger partial charge is 0.137 e. The number of imidazole rings is 1. The minimum absolute atomic E-state index is 0.962. The molecule has 0 aliphatic rings. The summed E-state index contributed by atoms with van der Waals surface area (Å²) in [4.78, 5) is 9.73. The Labute approximate surface area is 105 Å². The molecule has 3 aromatic heterocycles. The van der Waals surface area contributed by atoms with Gasteiger partial charge in [-0.3, -0.25) is 4.98 Å². The zero-order valence-corrected chi connectivity index (χ0v) is 10.9. The van der Waals surface area contributed by atoms with Crippen molar-refractivity contribution in [3.05, 3.63) is 40.2 Å². The molecule has 0 unspecified atom stereocenters. The Hall–Kier alpha value is -1.20. The van der Waals surface area contributed by atoms with Gasteiger partial charge in [0.25, 0.3) is 0 Å². The maximum atomic E-state index is 4.57. The normalized spacial score (nSPS) is 11.1. The first-order valence-corrected chi connectivity index (χ1v) is 6.46. The van der Waals surface area contributed by atoms with Crippen molar-refractivity contribution in [3.63, 3.8) is 0 Å². The molecular weight excluding hydrogens is 286 g/mol. The van der Waals surface area contributed by atoms with Crippen molar-refractivity contribution in [1.82, 2.24) is 14.4 Å². The van der Waals surface area contributed by atoms with Crippen LogP contribution < -0.4 is 0 Å². The Morgan fingerprint density at radius 1 is 1.38 bits per heavy atom. The molecule has 0 aliphatic heterocycles. The Kier molecular flexibility index (Phi) is 2.29. The molecule has 0 N–H and O–H groups in total. The second-order valence-corrected chi connectivity index (χ2v) is 5.23. The van der Waals surface area contributed by atoms with E-state index in [4.69, 9.17) is 0 Å². The van der Waals surface area contributed by atoms with Crippen LogP contribution >= 0.6 is 27.3 Å². The van der Waals surface area contributed by atoms with Crippen LogP contribution in [0.25, 0.3) is 16.2 Å². The van der Waals surface area contributed by atoms with Crippen LogP contribution in [-0.2, 0) is 0 Å². The zero-order valence-electron chi connectivity index (χ0n) is 8.51. The van der Waals surface area contributed by atoms with Gasteiger partial charge in [-0.1, -0.05) is 0 Å². The van der Waals surface area contributed by atoms with E-state index in [2.05, 4.69) is 37.2 Å². The van der Waals surface area contributed by atoms with Crippen molar-refractivity contribution in [2.75, 3.05) is 0 Å². The molecule has 0 atom stereocenters. The van der Waals surface area contributed by atoms with E-state index in [1.54, 1.807) is 11.3 Å². The van der Waals surface area contributed by atoms with Gasteiger partial charge in [-0.2, -0.15) is 0 Å². The van der Waals surface area contributed by atoms with Crippen molar-refractivity contribution < 1.29 is 0 Å². The first kappa shape index (κ1) is 9.99. The molecule has 0 aromatic carbocycles. The molecule has 0 aliphatic carbocycles. The van der Waals surface area contributed by atoms with Gasteiger partial charge in [-0.05, 0) is 35.0 Å². The van der Waals surface area contributed by atoms with Gasteiger partial charge in [0.1, 0.15) is 11.3 Å². The van der Waals surface area contributed by atoms with Crippen LogP contribution in [0.5, 0.6) is 0 Å². The summed E-state index contributed by atoms with van der Waals surface area (Å²) in [6, 6.07) is 4.02. The maximum absolute atomic E-state index is 4.57. The summed E-state index contributed by atoms with van der Waals surface area (Å²) in [5.74, 6) is 0. The molecule has 0 radical (unpaired) electrons. The van der Waals surface area contributed by atoms with Crippen LogP contribution in [-0.4, -0.2) is 14.4 Å². The average molecular weight is 294 g/mol. The van der Waals surface area contributed by atoms with Crippen LogP contribution in [0.3, 0.4) is 0 Å². The molecule has 0 saturated heterocycles. The van der Waals surface area contributed by atoms with E-state index in [9.17, 15) is 0 Å². The van der Waals surface area contributed by atoms with Crippen LogP contribution in [0.15, 0.2) is 34.5 Å². The van der Waals surface area contributed by atoms with Gasteiger partial charge in [0.2, 0.25) is 0 Å². The quantitative estimate of drug-likeness (QED) is 0.687. The van der Waals surface area contributed by atoms with Gasteiger partial charge < -0.3 is 4.40 Å². The summed E-state index contributed by atoms with van der Waals surface area (Å²) in [6.07, 6.45) is 3.89. The van der Waals surface area contributed by atoms with Gasteiger partial charge in [0, 0.05) is 22.6 Å². The number of hydrogen-bond acceptors (Lipinski definition) is 3. The molecule has 16 heavy (non-hydrogen) atoms. The molecule has 0 fully saturated rings. The fourth-order valence-corrected chi connectivity index (χ4v) is 2.52. The molecule has 3 aromatic rings. The summed E-state index contributed by atoms with van der Waals surface area (Å²) in [5, 5.41) is 0. The third-order valence-electron chi connectivity index (χ3n) is 2.50. The van der Waals surface area contributed by atoms with E-state index in [0.29, 0.717) is 0 Å². The van der Waals surface area contributed by atoms with E-state index in [0.717, 1.165) is 26.4 Å². The molecule has 0 spiro atoms. The largest absolute Gasteiger partial charge is 0.303 e. The molecule has 0 bridgehead atoms. The van der Waals surface area contributed by atoms with Gasteiger partial charge in [0.05, 0.1) is 10.4 Å². The second-order valence-electron chi connectivity index (χ2n) is 3.49. The highest BCUT2D eigenvalue weighted by Crippen LogP contribution is 2.25. The second kappa shape index (κ2) is 3.68. The summed E-state index contributed by atoms with van der Waals surface area (Å²) in [5.41, 5.74) is 4.91. The lowest BCUT2D eigenvalue weighted by Gasteiger charge is -2.00. The highest BCUT2D eigenvalue weighted by molar-refractivity contribution is 9.10. The zero-order chi connectivity index (χ0) is 11.1. The van der Waals surface area contributed by atoms with Crippen molar-refractivity contribution >= 4 is 32.9 Å². The molecule has 0 saturated carbocycles. The first-order valence-electron chi connectivity index (χ1n) is 4.79. The SMILES string of the molecule is Cc1c(Br)ccc2nc(-c3cncs3)cn12. The van der Waals surface area contributed by atoms with E-state index in [1.165, 1.54) is 0 Å². The number of thiazole rings is 1. The molecule has 3 heterocycles. The van der Waals surface area contributed by atoms with Gasteiger partial charge in [0.15, 0.2) is 0 Å². The Morgan fingerprint density at radius 3 is 3.00 bits per heavy atom. The first-order chi connectivity index (χ1) is 7.75. The van der Waals surface area contributed by atoms with E-state index in [-0.39, 0.29) is 0 Å². The van der Waals surface area contributed by atoms with Crippen molar-refractivity contribution in [2.45, 2.75) is 6.92 Å². The van der Waals surface area contributed by atoms with E-state index >= 15 is 0 Å². The highest BCUT2D eigenvalue weighted by atomic mass is 79.9. The highest BCUT2D eigenvalue weighted by Gasteiger charge is 2.08. The number of aryl methyl sites for hydroxylation is 1. The van der Waals surface area contributed by atoms with Crippen LogP contribution in [0, 0.1) is 6.92 Å². The van der Waals surface area contributed by atoms with Crippen molar-refractivity contribution in [1.29, 1.82) is 0 Å². The molecular formula is C11H8BrN3S. The van der Waals surface area contributed by atoms with Crippen LogP contribution in [0.4, 0.5) is 0 Å². The lowest BCUT2D eigenvalue weighted by molar-refractivity contribution is 1.08. The summed E-state index contributed by atoms with van der Waals surface area (Å²) in [7, 11) is 0. The number of pyridine rings is 1. The average Bonchev–Trinajstić information content (AvgIpc) is 2.91. The number of nitrogens with zero attached hydrogens (tertiary/aromatic N) is 3. The summed E-state index contributed by atoms with van der Waals surface area (Å²) in [6.45, 7) is 2.06. The maximum Gasteiger partial charge on any atom is 0.137 e. The van der Waals surface area contributed by atoms with Gasteiger partial charge in [-0.15, -0.1) is 11.3 Å². The number of rotatable bonds is 1. The molecule has 3 rings (SSSR count). The minimum atomic E-state index is 0.962. The number of aromatic nitrogens is 3. The van der Waals surface area contributed by atoms with Crippen LogP contribution in [0.2, 0.25) is 0 Å². The Bertz CT molecular complexity index is 643. The third-order valence-corrected chi connectivity index (χ3v) is 4.14. The molecule has 5 heteroatoms. The predicted octanol–water partition coefficient (Wildman–Crippen LogP) is 3.53. The standard InChI is InChI=1S/C11H8BrN3S/c1-7-8(12)2-3-11-14-9(5-15(7)11)10-4-13-6-16-10/h2-6H,1H3. The number of halogens is 1. The Morgan fingerprint density at radius 2 is 2.25 bits per heavy atom. The monoisotopic (exact) mass is 293 g/mol. The van der Waals surface area contributed by atoms with Crippen molar-refractivity contribution in [2.24, 2.45) is 0 Å². The van der Waals surface area contributed by atoms with Gasteiger partial charge >= 0.3 is 0 Å². The van der Waals surface area contributed by atoms with E-state index < -0.39 is 0 Å². The Balaban J connectivity index is 2.28. The predicted molar refractivity (Wildman–Crippen MR) is 68.7 cm³/mol. The number of hydrogen-bond donors (Lipinski definition) is 0. The molecule has 80 valence electrons. The summed E-state index contributed by atoms with van der Waals surface area (Å²) >= 11 is 5.12. The molecule has 3 nitrogen and oxygen atoms in total. The fraction of sp³-hybridized carbons (Fsp3) is 0.0909. The summed E-state index contributed by atoms with van der Waals surface area (Å²) < 4.78 is 3.17. The lowest BCUT2D eigenvalue weighted by Crippen LogP contribution is -1.89. The minimum Gasteiger partial charge on any atom is -0.303 e. The number of fused-ring (bicyclic) bond motifs is 1. The van der Waals surface area contributed by atoms with Crippen LogP contribution in [0.1, 0.15) is 5.69 Å². The fourth-order valence-electron chi connectivity index (χ4n) is 1.63. The van der Waals surface area contributed by atoms with Crippen molar-refractivity contribution in [3.8, 4) is 10.6 Å². The topological polar surface area (TPSA) is 30.2 Å². The molecule has 0 amide bonds. The lowest BCUT2D eigenvalue weighted by atomic mass is 10.4. The van der Waals surface area contributed by atoms with E-state index in [1.807, 2.05) is 30.0 Å².